The highest BCUT2D eigenvalue weighted by Gasteiger charge is 2.31. The quantitative estimate of drug-likeness (QED) is 0.139. The Morgan fingerprint density at radius 2 is 0.537 bits per heavy atom. The molecule has 12 heterocycles. The lowest BCUT2D eigenvalue weighted by Gasteiger charge is -2.13. The number of nitrogens with zero attached hydrogens (tertiary/aromatic N) is 15. The molecule has 0 fully saturated rings. The van der Waals surface area contributed by atoms with Gasteiger partial charge in [0.1, 0.15) is 33.1 Å². The largest absolute Gasteiger partial charge is 0.308 e. The number of aromatic nitrogens is 15. The highest BCUT2D eigenvalue weighted by Crippen LogP contribution is 2.52. The van der Waals surface area contributed by atoms with Crippen LogP contribution in [0, 0.1) is 0 Å². The maximum absolute atomic E-state index is 5.40. The van der Waals surface area contributed by atoms with Crippen LogP contribution in [0.15, 0.2) is 348 Å². The average Bonchev–Trinajstić information content (AvgIpc) is 1.55. The van der Waals surface area contributed by atoms with Gasteiger partial charge in [-0.25, -0.2) is 33.8 Å². The summed E-state index contributed by atoms with van der Waals surface area (Å²) in [6.45, 7) is 0. The van der Waals surface area contributed by atoms with Crippen molar-refractivity contribution in [2.24, 2.45) is 0 Å². The van der Waals surface area contributed by atoms with Crippen LogP contribution in [0.1, 0.15) is 0 Å². The Balaban J connectivity index is 0.000000100. The van der Waals surface area contributed by atoms with Crippen LogP contribution >= 0.6 is 34.0 Å². The number of para-hydroxylation sites is 4. The predicted octanol–water partition coefficient (Wildman–Crippen LogP) is 25.9. The number of hydrogen-bond acceptors (Lipinski definition) is 18. The van der Waals surface area contributed by atoms with E-state index in [1.165, 1.54) is 18.8 Å². The Bertz CT molecular complexity index is 8420. The average molecular weight is 1610 g/mol. The van der Waals surface area contributed by atoms with Crippen LogP contribution in [-0.2, 0) is 0 Å². The second kappa shape index (κ2) is 27.3. The number of rotatable bonds is 8. The predicted molar refractivity (Wildman–Crippen MR) is 489 cm³/mol. The molecule has 0 unspecified atom stereocenters. The minimum Gasteiger partial charge on any atom is -0.308 e. The van der Waals surface area contributed by atoms with Gasteiger partial charge in [0, 0.05) is 112 Å². The number of hydrogen-bond donors (Lipinski definition) is 0. The van der Waals surface area contributed by atoms with Crippen molar-refractivity contribution in [3.05, 3.63) is 334 Å². The third-order valence-corrected chi connectivity index (χ3v) is 26.4. The molecule has 0 saturated heterocycles. The molecule has 27 aromatic rings. The summed E-state index contributed by atoms with van der Waals surface area (Å²) in [5.74, 6) is 2.38. The third-order valence-electron chi connectivity index (χ3n) is 22.9. The Labute approximate surface area is 695 Å². The maximum atomic E-state index is 5.40. The normalized spacial score (nSPS) is 12.0. The van der Waals surface area contributed by atoms with Crippen LogP contribution in [0.2, 0.25) is 0 Å². The summed E-state index contributed by atoms with van der Waals surface area (Å²) in [7, 11) is 0. The molecule has 0 saturated carbocycles. The first-order valence-corrected chi connectivity index (χ1v) is 41.8. The summed E-state index contributed by atoms with van der Waals surface area (Å²) in [5, 5.41) is 40.3. The molecule has 0 spiro atoms. The Kier molecular flexibility index (Phi) is 15.4. The summed E-state index contributed by atoms with van der Waals surface area (Å²) in [6.07, 6.45) is 0. The molecule has 0 aliphatic rings. The van der Waals surface area contributed by atoms with Crippen molar-refractivity contribution in [3.8, 4) is 74.1 Å². The second-order valence-electron chi connectivity index (χ2n) is 29.6. The van der Waals surface area contributed by atoms with Gasteiger partial charge in [-0.15, -0.1) is 34.0 Å². The molecule has 121 heavy (non-hydrogen) atoms. The van der Waals surface area contributed by atoms with Crippen LogP contribution in [0.5, 0.6) is 0 Å². The van der Waals surface area contributed by atoms with Gasteiger partial charge in [0.15, 0.2) is 11.6 Å². The van der Waals surface area contributed by atoms with Gasteiger partial charge in [0.2, 0.25) is 11.9 Å². The molecule has 566 valence electrons. The van der Waals surface area contributed by atoms with E-state index in [0.29, 0.717) is 23.5 Å². The molecule has 21 heteroatoms. The SMILES string of the molecule is c1ccc(-c2cc(-n3c4ccccc4c4c5nonc5c5c6ccccc6sc5c43)cc(-c3ccccc3)n2)cc1.c1ccc(-c2nc(-c3ccccc3)nc(-n3c4ccccc4c4c5nonc5c5c6ccccc6sc5c43)n2)cc1.c1ccc(-c2nc(-n3c4ccccc4c4c5nonc5c5c6ccccc6sc5c43)nc3ccccc23)cc1. The molecule has 0 aliphatic heterocycles. The van der Waals surface area contributed by atoms with Crippen molar-refractivity contribution in [1.82, 2.24) is 74.5 Å². The van der Waals surface area contributed by atoms with E-state index in [9.17, 15) is 0 Å². The summed E-state index contributed by atoms with van der Waals surface area (Å²) < 4.78 is 29.8. The van der Waals surface area contributed by atoms with Crippen LogP contribution in [0.3, 0.4) is 0 Å². The van der Waals surface area contributed by atoms with Crippen molar-refractivity contribution in [1.29, 1.82) is 0 Å². The molecular formula is C100H55N15O3S3. The van der Waals surface area contributed by atoms with Crippen molar-refractivity contribution in [3.63, 3.8) is 0 Å². The van der Waals surface area contributed by atoms with Gasteiger partial charge in [0.25, 0.3) is 0 Å². The number of benzene rings is 15. The number of pyridine rings is 1. The summed E-state index contributed by atoms with van der Waals surface area (Å²) >= 11 is 5.27. The topological polar surface area (TPSA) is 209 Å². The molecular weight excluding hydrogens is 1560 g/mol. The molecule has 0 radical (unpaired) electrons. The Morgan fingerprint density at radius 1 is 0.231 bits per heavy atom. The van der Waals surface area contributed by atoms with Crippen molar-refractivity contribution < 1.29 is 13.9 Å². The first-order valence-electron chi connectivity index (χ1n) is 39.4. The molecule has 0 bridgehead atoms. The van der Waals surface area contributed by atoms with Crippen molar-refractivity contribution in [2.75, 3.05) is 0 Å². The molecule has 15 aromatic carbocycles. The van der Waals surface area contributed by atoms with E-state index in [-0.39, 0.29) is 0 Å². The summed E-state index contributed by atoms with van der Waals surface area (Å²) in [5.41, 5.74) is 20.5. The van der Waals surface area contributed by atoms with Gasteiger partial charge >= 0.3 is 0 Å². The smallest absolute Gasteiger partial charge is 0.238 e. The van der Waals surface area contributed by atoms with Crippen LogP contribution in [0.4, 0.5) is 0 Å². The minimum absolute atomic E-state index is 0.540. The van der Waals surface area contributed by atoms with E-state index < -0.39 is 0 Å². The molecule has 0 aliphatic carbocycles. The third kappa shape index (κ3) is 10.6. The number of fused-ring (bicyclic) bond motifs is 31. The van der Waals surface area contributed by atoms with Gasteiger partial charge in [-0.2, -0.15) is 9.97 Å². The standard InChI is InChI=1S/C35H20N4OS.C33H18N6OS.C32H17N5OS/c1-3-11-21(12-4-1)26-19-23(20-27(36-26)22-13-5-2-6-14-22)39-28-17-9-7-15-24(28)30-32-33(38-40-37-32)31-25-16-8-10-18-29(25)41-35(31)34(30)39;1-3-11-19(12-4-1)31-34-32(20-13-5-2-6-14-20)36-33(35-31)39-23-17-9-7-15-21(23)25-27-28(38-40-37-27)26-22-16-8-10-18-24(22)41-30(26)29(25)39;1-2-10-18(11-3-1)27-19-12-4-7-15-22(19)33-32(34-27)37-23-16-8-5-13-20(23)25-28-29(36-38-35-28)26-21-14-6-9-17-24(21)39-31(26)30(25)37/h1-20H;1-18H;1-17H. The summed E-state index contributed by atoms with van der Waals surface area (Å²) in [4.78, 5) is 30.6. The lowest BCUT2D eigenvalue weighted by molar-refractivity contribution is 0.316. The van der Waals surface area contributed by atoms with Gasteiger partial charge in [-0.05, 0) is 85.5 Å². The van der Waals surface area contributed by atoms with E-state index in [4.69, 9.17) is 43.8 Å². The minimum atomic E-state index is 0.540. The Hall–Kier alpha value is -15.9. The molecule has 0 atom stereocenters. The zero-order valence-corrected chi connectivity index (χ0v) is 65.9. The molecule has 18 nitrogen and oxygen atoms in total. The highest BCUT2D eigenvalue weighted by molar-refractivity contribution is 7.28. The monoisotopic (exact) mass is 1610 g/mol. The molecule has 12 aromatic heterocycles. The molecule has 27 rings (SSSR count). The lowest BCUT2D eigenvalue weighted by atomic mass is 10.1. The van der Waals surface area contributed by atoms with Gasteiger partial charge in [-0.1, -0.05) is 279 Å². The van der Waals surface area contributed by atoms with Gasteiger partial charge in [0.05, 0.1) is 75.5 Å². The first kappa shape index (κ1) is 68.3. The van der Waals surface area contributed by atoms with E-state index in [2.05, 4.69) is 263 Å². The maximum Gasteiger partial charge on any atom is 0.238 e. The molecule has 0 amide bonds. The first-order chi connectivity index (χ1) is 60.1. The van der Waals surface area contributed by atoms with E-state index >= 15 is 0 Å². The lowest BCUT2D eigenvalue weighted by Crippen LogP contribution is -2.06. The van der Waals surface area contributed by atoms with Crippen molar-refractivity contribution >= 4 is 204 Å². The molecule has 0 N–H and O–H groups in total. The van der Waals surface area contributed by atoms with Crippen LogP contribution < -0.4 is 0 Å². The zero-order valence-electron chi connectivity index (χ0n) is 63.4. The second-order valence-corrected chi connectivity index (χ2v) is 32.8. The fourth-order valence-corrected chi connectivity index (χ4v) is 21.4. The zero-order chi connectivity index (χ0) is 79.3. The highest BCUT2D eigenvalue weighted by atomic mass is 32.1. The van der Waals surface area contributed by atoms with Gasteiger partial charge < -0.3 is 4.57 Å². The van der Waals surface area contributed by atoms with E-state index in [0.717, 1.165) is 202 Å². The van der Waals surface area contributed by atoms with Crippen LogP contribution in [-0.4, -0.2) is 74.5 Å². The Morgan fingerprint density at radius 3 is 0.942 bits per heavy atom. The summed E-state index contributed by atoms with van der Waals surface area (Å²) in [6, 6.07) is 114. The van der Waals surface area contributed by atoms with Gasteiger partial charge in [-0.3, -0.25) is 9.13 Å². The van der Waals surface area contributed by atoms with E-state index in [1.54, 1.807) is 34.0 Å². The van der Waals surface area contributed by atoms with E-state index in [1.807, 2.05) is 115 Å². The van der Waals surface area contributed by atoms with Crippen LogP contribution in [0.25, 0.3) is 244 Å². The number of thiophene rings is 3. The fraction of sp³-hybridized carbons (Fsp3) is 0. The fourth-order valence-electron chi connectivity index (χ4n) is 17.7. The van der Waals surface area contributed by atoms with Crippen molar-refractivity contribution in [2.45, 2.75) is 0 Å².